The van der Waals surface area contributed by atoms with Gasteiger partial charge in [0, 0.05) is 17.9 Å². The largest absolute Gasteiger partial charge is 0.490 e. The Kier molecular flexibility index (Phi) is 4.03. The van der Waals surface area contributed by atoms with Gasteiger partial charge in [-0.1, -0.05) is 11.8 Å². The van der Waals surface area contributed by atoms with E-state index in [1.165, 1.54) is 11.8 Å². The molecule has 0 saturated carbocycles. The Labute approximate surface area is 121 Å². The molecular formula is C14H15N3O2S. The predicted molar refractivity (Wildman–Crippen MR) is 76.1 cm³/mol. The topological polar surface area (TPSA) is 70.3 Å². The normalized spacial score (nSPS) is 13.8. The van der Waals surface area contributed by atoms with Crippen LogP contribution in [0.1, 0.15) is 12.1 Å². The Morgan fingerprint density at radius 1 is 1.10 bits per heavy atom. The highest BCUT2D eigenvalue weighted by Crippen LogP contribution is 2.35. The van der Waals surface area contributed by atoms with Gasteiger partial charge in [-0.25, -0.2) is 4.98 Å². The monoisotopic (exact) mass is 289 g/mol. The van der Waals surface area contributed by atoms with E-state index >= 15 is 0 Å². The highest BCUT2D eigenvalue weighted by atomic mass is 32.2. The molecule has 2 aromatic rings. The van der Waals surface area contributed by atoms with Crippen molar-refractivity contribution in [1.29, 1.82) is 0 Å². The van der Waals surface area contributed by atoms with E-state index in [1.54, 1.807) is 12.4 Å². The van der Waals surface area contributed by atoms with Crippen LogP contribution in [0.3, 0.4) is 0 Å². The Morgan fingerprint density at radius 3 is 2.70 bits per heavy atom. The molecule has 20 heavy (non-hydrogen) atoms. The molecule has 104 valence electrons. The third-order valence-corrected chi connectivity index (χ3v) is 3.74. The second-order valence-corrected chi connectivity index (χ2v) is 5.40. The zero-order valence-corrected chi connectivity index (χ0v) is 11.7. The van der Waals surface area contributed by atoms with Crippen LogP contribution in [-0.4, -0.2) is 23.2 Å². The molecular weight excluding hydrogens is 274 g/mol. The zero-order chi connectivity index (χ0) is 13.8. The van der Waals surface area contributed by atoms with E-state index < -0.39 is 0 Å². The van der Waals surface area contributed by atoms with Crippen molar-refractivity contribution in [2.45, 2.75) is 22.9 Å². The number of rotatable bonds is 3. The van der Waals surface area contributed by atoms with Crippen molar-refractivity contribution in [1.82, 2.24) is 9.97 Å². The Morgan fingerprint density at radius 2 is 1.95 bits per heavy atom. The summed E-state index contributed by atoms with van der Waals surface area (Å²) in [5.41, 5.74) is 6.29. The second-order valence-electron chi connectivity index (χ2n) is 4.31. The van der Waals surface area contributed by atoms with Crippen LogP contribution < -0.4 is 15.2 Å². The zero-order valence-electron chi connectivity index (χ0n) is 10.9. The van der Waals surface area contributed by atoms with Crippen molar-refractivity contribution in [3.63, 3.8) is 0 Å². The first-order chi connectivity index (χ1) is 9.85. The minimum atomic E-state index is 0.405. The number of benzene rings is 1. The quantitative estimate of drug-likeness (QED) is 0.934. The molecule has 0 aliphatic carbocycles. The summed E-state index contributed by atoms with van der Waals surface area (Å²) in [7, 11) is 0. The summed E-state index contributed by atoms with van der Waals surface area (Å²) < 4.78 is 11.3. The average molecular weight is 289 g/mol. The van der Waals surface area contributed by atoms with Gasteiger partial charge in [-0.15, -0.1) is 0 Å². The molecule has 2 N–H and O–H groups in total. The van der Waals surface area contributed by atoms with E-state index in [0.717, 1.165) is 33.5 Å². The van der Waals surface area contributed by atoms with Gasteiger partial charge in [-0.2, -0.15) is 0 Å². The minimum absolute atomic E-state index is 0.405. The van der Waals surface area contributed by atoms with Crippen molar-refractivity contribution in [3.05, 3.63) is 36.3 Å². The summed E-state index contributed by atoms with van der Waals surface area (Å²) in [5, 5.41) is 0.830. The van der Waals surface area contributed by atoms with Crippen molar-refractivity contribution < 1.29 is 9.47 Å². The van der Waals surface area contributed by atoms with Crippen molar-refractivity contribution >= 4 is 11.8 Å². The van der Waals surface area contributed by atoms with Crippen LogP contribution in [0.2, 0.25) is 0 Å². The smallest absolute Gasteiger partial charge is 0.162 e. The number of hydrogen-bond acceptors (Lipinski definition) is 6. The van der Waals surface area contributed by atoms with E-state index in [2.05, 4.69) is 9.97 Å². The summed E-state index contributed by atoms with van der Waals surface area (Å²) in [6.45, 7) is 1.79. The minimum Gasteiger partial charge on any atom is -0.490 e. The SMILES string of the molecule is NCc1cnc(Sc2ccc3c(c2)OCCCO3)cn1. The number of fused-ring (bicyclic) bond motifs is 1. The lowest BCUT2D eigenvalue weighted by Gasteiger charge is -2.08. The molecule has 5 nitrogen and oxygen atoms in total. The standard InChI is InChI=1S/C14H15N3O2S/c15-7-10-8-17-14(9-16-10)20-11-2-3-12-13(6-11)19-5-1-4-18-12/h2-3,6,8-9H,1,4-5,7,15H2. The van der Waals surface area contributed by atoms with Crippen LogP contribution in [0, 0.1) is 0 Å². The van der Waals surface area contributed by atoms with Crippen LogP contribution >= 0.6 is 11.8 Å². The fourth-order valence-electron chi connectivity index (χ4n) is 1.83. The summed E-state index contributed by atoms with van der Waals surface area (Å²) in [6, 6.07) is 5.91. The van der Waals surface area contributed by atoms with E-state index in [-0.39, 0.29) is 0 Å². The molecule has 0 unspecified atom stereocenters. The summed E-state index contributed by atoms with van der Waals surface area (Å²) >= 11 is 1.54. The lowest BCUT2D eigenvalue weighted by molar-refractivity contribution is 0.297. The van der Waals surface area contributed by atoms with Crippen LogP contribution in [-0.2, 0) is 6.54 Å². The third kappa shape index (κ3) is 3.02. The number of aromatic nitrogens is 2. The molecule has 0 radical (unpaired) electrons. The van der Waals surface area contributed by atoms with E-state index in [0.29, 0.717) is 19.8 Å². The van der Waals surface area contributed by atoms with Gasteiger partial charge in [0.25, 0.3) is 0 Å². The highest BCUT2D eigenvalue weighted by Gasteiger charge is 2.11. The molecule has 0 atom stereocenters. The van der Waals surface area contributed by atoms with Gasteiger partial charge in [0.2, 0.25) is 0 Å². The maximum atomic E-state index is 5.67. The average Bonchev–Trinajstić information content (AvgIpc) is 2.73. The van der Waals surface area contributed by atoms with E-state index in [9.17, 15) is 0 Å². The maximum Gasteiger partial charge on any atom is 0.162 e. The van der Waals surface area contributed by atoms with Gasteiger partial charge in [-0.3, -0.25) is 4.98 Å². The van der Waals surface area contributed by atoms with Gasteiger partial charge in [0.15, 0.2) is 11.5 Å². The van der Waals surface area contributed by atoms with E-state index in [1.807, 2.05) is 18.2 Å². The first-order valence-electron chi connectivity index (χ1n) is 6.43. The van der Waals surface area contributed by atoms with Crippen molar-refractivity contribution in [2.24, 2.45) is 5.73 Å². The van der Waals surface area contributed by atoms with Crippen molar-refractivity contribution in [2.75, 3.05) is 13.2 Å². The second kappa shape index (κ2) is 6.11. The molecule has 1 aliphatic rings. The Balaban J connectivity index is 1.78. The van der Waals surface area contributed by atoms with Crippen LogP contribution in [0.25, 0.3) is 0 Å². The molecule has 3 rings (SSSR count). The molecule has 1 aromatic carbocycles. The summed E-state index contributed by atoms with van der Waals surface area (Å²) in [5.74, 6) is 1.59. The highest BCUT2D eigenvalue weighted by molar-refractivity contribution is 7.99. The van der Waals surface area contributed by atoms with Gasteiger partial charge in [0.1, 0.15) is 5.03 Å². The summed E-state index contributed by atoms with van der Waals surface area (Å²) in [4.78, 5) is 9.60. The van der Waals surface area contributed by atoms with Gasteiger partial charge in [0.05, 0.1) is 31.3 Å². The number of ether oxygens (including phenoxy) is 2. The molecule has 0 bridgehead atoms. The molecule has 0 amide bonds. The molecule has 1 aliphatic heterocycles. The first kappa shape index (κ1) is 13.2. The van der Waals surface area contributed by atoms with Gasteiger partial charge >= 0.3 is 0 Å². The number of hydrogen-bond donors (Lipinski definition) is 1. The molecule has 1 aromatic heterocycles. The lowest BCUT2D eigenvalue weighted by Crippen LogP contribution is -2.00. The third-order valence-electron chi connectivity index (χ3n) is 2.83. The molecule has 2 heterocycles. The summed E-state index contributed by atoms with van der Waals surface area (Å²) in [6.07, 6.45) is 4.34. The lowest BCUT2D eigenvalue weighted by atomic mass is 10.3. The van der Waals surface area contributed by atoms with Crippen LogP contribution in [0.4, 0.5) is 0 Å². The fourth-order valence-corrected chi connectivity index (χ4v) is 2.58. The first-order valence-corrected chi connectivity index (χ1v) is 7.25. The fraction of sp³-hybridized carbons (Fsp3) is 0.286. The number of nitrogens with zero attached hydrogens (tertiary/aromatic N) is 2. The predicted octanol–water partition coefficient (Wildman–Crippen LogP) is 2.25. The Bertz CT molecular complexity index is 589. The molecule has 6 heteroatoms. The number of nitrogens with two attached hydrogens (primary N) is 1. The van der Waals surface area contributed by atoms with Gasteiger partial charge < -0.3 is 15.2 Å². The molecule has 0 fully saturated rings. The van der Waals surface area contributed by atoms with Crippen LogP contribution in [0.5, 0.6) is 11.5 Å². The maximum absolute atomic E-state index is 5.67. The molecule has 0 spiro atoms. The van der Waals surface area contributed by atoms with E-state index in [4.69, 9.17) is 15.2 Å². The van der Waals surface area contributed by atoms with Crippen molar-refractivity contribution in [3.8, 4) is 11.5 Å². The van der Waals surface area contributed by atoms with Crippen LogP contribution in [0.15, 0.2) is 40.5 Å². The Hall–Kier alpha value is -1.79. The van der Waals surface area contributed by atoms with Gasteiger partial charge in [-0.05, 0) is 18.2 Å². The molecule has 0 saturated heterocycles.